The first kappa shape index (κ1) is 25.6. The lowest BCUT2D eigenvalue weighted by atomic mass is 9.97. The van der Waals surface area contributed by atoms with E-state index in [0.717, 1.165) is 55.9 Å². The number of hydrogen-bond acceptors (Lipinski definition) is 6. The molecule has 2 aliphatic heterocycles. The van der Waals surface area contributed by atoms with E-state index in [-0.39, 0.29) is 18.2 Å². The predicted molar refractivity (Wildman–Crippen MR) is 137 cm³/mol. The van der Waals surface area contributed by atoms with Crippen molar-refractivity contribution in [2.24, 2.45) is 9.98 Å². The average molecular weight is 489 g/mol. The van der Waals surface area contributed by atoms with Crippen LogP contribution in [-0.2, 0) is 20.9 Å². The molecule has 7 nitrogen and oxygen atoms in total. The molecule has 0 radical (unpaired) electrons. The number of carbonyl (C=O) groups is 2. The fourth-order valence-corrected chi connectivity index (χ4v) is 4.04. The van der Waals surface area contributed by atoms with Gasteiger partial charge in [0.2, 0.25) is 0 Å². The molecule has 2 heterocycles. The van der Waals surface area contributed by atoms with Gasteiger partial charge in [-0.2, -0.15) is 4.99 Å². The first-order valence-corrected chi connectivity index (χ1v) is 12.1. The maximum absolute atomic E-state index is 12.6. The summed E-state index contributed by atoms with van der Waals surface area (Å²) < 4.78 is 18.0. The van der Waals surface area contributed by atoms with E-state index in [2.05, 4.69) is 44.2 Å². The third kappa shape index (κ3) is 7.25. The van der Waals surface area contributed by atoms with E-state index in [4.69, 9.17) is 4.74 Å². The second-order valence-electron chi connectivity index (χ2n) is 8.67. The molecule has 0 saturated carbocycles. The molecule has 1 N–H and O–H groups in total. The first-order valence-electron chi connectivity index (χ1n) is 12.1. The van der Waals surface area contributed by atoms with Gasteiger partial charge in [0.15, 0.2) is 0 Å². The van der Waals surface area contributed by atoms with Crippen molar-refractivity contribution < 1.29 is 18.7 Å². The number of amides is 1. The Labute approximate surface area is 210 Å². The standard InChI is InChI=1S/C28H29FN4O3/c29-12-1-13-30-25(18-26-27(34)28(35)32-20-31-26)24-10-8-22(9-11-24)3-2-21-4-6-23(7-5-21)19-33-14-16-36-17-15-33/h4-11,20,25,30H,1,12-19H2. The van der Waals surface area contributed by atoms with Crippen LogP contribution < -0.4 is 5.32 Å². The van der Waals surface area contributed by atoms with Gasteiger partial charge < -0.3 is 10.1 Å². The molecule has 0 spiro atoms. The summed E-state index contributed by atoms with van der Waals surface area (Å²) >= 11 is 0. The smallest absolute Gasteiger partial charge is 0.320 e. The van der Waals surface area contributed by atoms with Crippen molar-refractivity contribution in [1.82, 2.24) is 10.2 Å². The summed E-state index contributed by atoms with van der Waals surface area (Å²) in [4.78, 5) is 33.5. The third-order valence-electron chi connectivity index (χ3n) is 6.07. The van der Waals surface area contributed by atoms with Crippen molar-refractivity contribution in [2.45, 2.75) is 25.4 Å². The summed E-state index contributed by atoms with van der Waals surface area (Å²) in [7, 11) is 0. The van der Waals surface area contributed by atoms with E-state index in [0.29, 0.717) is 13.0 Å². The fraction of sp³-hybridized carbons (Fsp3) is 0.357. The monoisotopic (exact) mass is 488 g/mol. The lowest BCUT2D eigenvalue weighted by Gasteiger charge is -2.26. The van der Waals surface area contributed by atoms with E-state index in [9.17, 15) is 14.0 Å². The lowest BCUT2D eigenvalue weighted by molar-refractivity contribution is -0.132. The number of carbonyl (C=O) groups excluding carboxylic acids is 2. The number of alkyl halides is 1. The van der Waals surface area contributed by atoms with Crippen molar-refractivity contribution >= 4 is 23.7 Å². The number of benzene rings is 2. The summed E-state index contributed by atoms with van der Waals surface area (Å²) in [6.45, 7) is 4.41. The molecule has 0 aromatic heterocycles. The van der Waals surface area contributed by atoms with Crippen LogP contribution in [0.4, 0.5) is 4.39 Å². The molecular weight excluding hydrogens is 459 g/mol. The van der Waals surface area contributed by atoms with Gasteiger partial charge in [-0.3, -0.25) is 18.9 Å². The molecule has 1 atom stereocenters. The van der Waals surface area contributed by atoms with Gasteiger partial charge in [0.05, 0.1) is 25.6 Å². The van der Waals surface area contributed by atoms with Gasteiger partial charge in [-0.1, -0.05) is 36.1 Å². The number of rotatable bonds is 9. The summed E-state index contributed by atoms with van der Waals surface area (Å²) in [6, 6.07) is 15.7. The van der Waals surface area contributed by atoms with Gasteiger partial charge in [0.1, 0.15) is 6.34 Å². The molecule has 1 saturated heterocycles. The molecular formula is C28H29FN4O3. The van der Waals surface area contributed by atoms with Crippen LogP contribution in [0.2, 0.25) is 0 Å². The molecule has 2 aliphatic rings. The van der Waals surface area contributed by atoms with Crippen molar-refractivity contribution in [3.8, 4) is 11.8 Å². The van der Waals surface area contributed by atoms with Gasteiger partial charge in [-0.05, 0) is 48.4 Å². The number of aliphatic imine (C=N–C) groups is 2. The minimum atomic E-state index is -0.817. The third-order valence-corrected chi connectivity index (χ3v) is 6.07. The van der Waals surface area contributed by atoms with Crippen LogP contribution >= 0.6 is 0 Å². The maximum Gasteiger partial charge on any atom is 0.320 e. The number of halogens is 1. The van der Waals surface area contributed by atoms with E-state index in [1.807, 2.05) is 36.4 Å². The second-order valence-corrected chi connectivity index (χ2v) is 8.67. The Kier molecular flexibility index (Phi) is 9.22. The van der Waals surface area contributed by atoms with Crippen LogP contribution in [0, 0.1) is 11.8 Å². The van der Waals surface area contributed by atoms with Crippen molar-refractivity contribution in [3.05, 3.63) is 70.8 Å². The SMILES string of the molecule is O=C1N=CN=C(CC(NCCCF)c2ccc(C#Cc3ccc(CN4CCOCC4)cc3)cc2)C1=O. The second kappa shape index (κ2) is 13.0. The van der Waals surface area contributed by atoms with E-state index < -0.39 is 18.4 Å². The predicted octanol–water partition coefficient (Wildman–Crippen LogP) is 2.88. The molecule has 1 unspecified atom stereocenters. The average Bonchev–Trinajstić information content (AvgIpc) is 2.91. The summed E-state index contributed by atoms with van der Waals surface area (Å²) in [6.07, 6.45) is 1.67. The van der Waals surface area contributed by atoms with E-state index in [1.165, 1.54) is 5.56 Å². The number of Topliss-reactive ketones (excluding diaryl/α,β-unsaturated/α-hetero) is 1. The van der Waals surface area contributed by atoms with Crippen LogP contribution in [0.1, 0.15) is 41.1 Å². The molecule has 8 heteroatoms. The number of nitrogens with zero attached hydrogens (tertiary/aromatic N) is 3. The molecule has 186 valence electrons. The zero-order valence-corrected chi connectivity index (χ0v) is 20.1. The van der Waals surface area contributed by atoms with Crippen LogP contribution in [0.3, 0.4) is 0 Å². The highest BCUT2D eigenvalue weighted by Gasteiger charge is 2.25. The summed E-state index contributed by atoms with van der Waals surface area (Å²) in [5.74, 6) is 4.87. The number of ketones is 1. The van der Waals surface area contributed by atoms with Crippen molar-refractivity contribution in [1.29, 1.82) is 0 Å². The Hall–Kier alpha value is -3.51. The van der Waals surface area contributed by atoms with Gasteiger partial charge >= 0.3 is 5.91 Å². The quantitative estimate of drug-likeness (QED) is 0.333. The van der Waals surface area contributed by atoms with Gasteiger partial charge in [-0.15, -0.1) is 0 Å². The highest BCUT2D eigenvalue weighted by atomic mass is 19.1. The number of nitrogens with one attached hydrogen (secondary N) is 1. The minimum Gasteiger partial charge on any atom is -0.379 e. The first-order chi connectivity index (χ1) is 17.6. The van der Waals surface area contributed by atoms with Crippen LogP contribution in [-0.4, -0.2) is 68.2 Å². The Balaban J connectivity index is 1.40. The molecule has 2 aromatic rings. The van der Waals surface area contributed by atoms with Crippen LogP contribution in [0.25, 0.3) is 0 Å². The number of ether oxygens (including phenoxy) is 1. The molecule has 1 fully saturated rings. The highest BCUT2D eigenvalue weighted by Crippen LogP contribution is 2.20. The molecule has 2 aromatic carbocycles. The lowest BCUT2D eigenvalue weighted by Crippen LogP contribution is -2.35. The van der Waals surface area contributed by atoms with E-state index in [1.54, 1.807) is 0 Å². The Morgan fingerprint density at radius 1 is 1.00 bits per heavy atom. The Morgan fingerprint density at radius 3 is 2.33 bits per heavy atom. The number of hydrogen-bond donors (Lipinski definition) is 1. The van der Waals surface area contributed by atoms with Gasteiger partial charge in [-0.25, -0.2) is 4.99 Å². The molecule has 4 rings (SSSR count). The minimum absolute atomic E-state index is 0.147. The molecule has 1 amide bonds. The fourth-order valence-electron chi connectivity index (χ4n) is 4.04. The Bertz CT molecular complexity index is 1170. The van der Waals surface area contributed by atoms with Gasteiger partial charge in [0.25, 0.3) is 5.78 Å². The summed E-state index contributed by atoms with van der Waals surface area (Å²) in [5.41, 5.74) is 4.10. The highest BCUT2D eigenvalue weighted by molar-refractivity contribution is 6.66. The zero-order valence-electron chi connectivity index (χ0n) is 20.1. The van der Waals surface area contributed by atoms with Crippen molar-refractivity contribution in [3.63, 3.8) is 0 Å². The maximum atomic E-state index is 12.6. The van der Waals surface area contributed by atoms with Crippen LogP contribution in [0.15, 0.2) is 58.5 Å². The largest absolute Gasteiger partial charge is 0.379 e. The zero-order chi connectivity index (χ0) is 25.2. The van der Waals surface area contributed by atoms with Crippen LogP contribution in [0.5, 0.6) is 0 Å². The molecule has 0 bridgehead atoms. The van der Waals surface area contributed by atoms with Gasteiger partial charge in [0, 0.05) is 43.2 Å². The molecule has 0 aliphatic carbocycles. The van der Waals surface area contributed by atoms with E-state index >= 15 is 0 Å². The van der Waals surface area contributed by atoms with Crippen molar-refractivity contribution in [2.75, 3.05) is 39.5 Å². The normalized spacial score (nSPS) is 16.9. The number of morpholine rings is 1. The molecule has 36 heavy (non-hydrogen) atoms. The summed E-state index contributed by atoms with van der Waals surface area (Å²) in [5, 5.41) is 3.26. The topological polar surface area (TPSA) is 83.4 Å². The Morgan fingerprint density at radius 2 is 1.67 bits per heavy atom.